The molecule has 7 heteroatoms. The summed E-state index contributed by atoms with van der Waals surface area (Å²) in [6.07, 6.45) is -5.21. The topological polar surface area (TPSA) is 24.5 Å². The average molecular weight is 346 g/mol. The van der Waals surface area contributed by atoms with Crippen LogP contribution in [-0.2, 0) is 0 Å². The quantitative estimate of drug-likeness (QED) is 0.763. The highest BCUT2D eigenvalue weighted by atomic mass is 19.3. The third kappa shape index (κ3) is 4.19. The summed E-state index contributed by atoms with van der Waals surface area (Å²) in [5, 5.41) is 3.27. The van der Waals surface area contributed by atoms with Crippen LogP contribution >= 0.6 is 0 Å². The van der Waals surface area contributed by atoms with Crippen LogP contribution in [0.2, 0.25) is 0 Å². The zero-order valence-electron chi connectivity index (χ0n) is 13.4. The molecule has 1 N–H and O–H groups in total. The summed E-state index contributed by atoms with van der Waals surface area (Å²) in [6.45, 7) is 3.27. The molecular weight excluding hydrogens is 324 g/mol. The van der Waals surface area contributed by atoms with E-state index in [9.17, 15) is 17.6 Å². The van der Waals surface area contributed by atoms with Crippen molar-refractivity contribution in [1.82, 2.24) is 10.2 Å². The highest BCUT2D eigenvalue weighted by Crippen LogP contribution is 2.43. The van der Waals surface area contributed by atoms with Crippen molar-refractivity contribution in [2.45, 2.75) is 37.8 Å². The minimum atomic E-state index is -4.48. The number of ether oxygens (including phenoxy) is 1. The number of nitrogens with one attached hydrogen (secondary N) is 1. The van der Waals surface area contributed by atoms with Gasteiger partial charge in [-0.3, -0.25) is 4.90 Å². The molecule has 1 heterocycles. The second kappa shape index (κ2) is 7.27. The maximum Gasteiger partial charge on any atom is 0.461 e. The number of alkyl halides is 4. The van der Waals surface area contributed by atoms with Gasteiger partial charge in [0.05, 0.1) is 0 Å². The molecular formula is C17H22F4N2O. The van der Waals surface area contributed by atoms with Gasteiger partial charge in [-0.05, 0) is 18.4 Å². The molecule has 1 aliphatic carbocycles. The van der Waals surface area contributed by atoms with Crippen molar-refractivity contribution in [2.75, 3.05) is 26.2 Å². The zero-order chi connectivity index (χ0) is 17.2. The molecule has 1 saturated carbocycles. The molecule has 2 aliphatic rings. The maximum absolute atomic E-state index is 13.4. The third-order valence-electron chi connectivity index (χ3n) is 4.62. The summed E-state index contributed by atoms with van der Waals surface area (Å²) in [7, 11) is 0. The maximum atomic E-state index is 13.4. The lowest BCUT2D eigenvalue weighted by atomic mass is 9.97. The SMILES string of the molecule is FC(F)C(F)(F)Oc1ccccc1[C@@H](CC1CC1)N1CCNCC1. The molecule has 1 saturated heterocycles. The van der Waals surface area contributed by atoms with E-state index < -0.39 is 12.5 Å². The first-order valence-corrected chi connectivity index (χ1v) is 8.36. The molecule has 3 rings (SSSR count). The summed E-state index contributed by atoms with van der Waals surface area (Å²) >= 11 is 0. The molecule has 1 aliphatic heterocycles. The summed E-state index contributed by atoms with van der Waals surface area (Å²) in [5.74, 6) is 0.431. The Hall–Kier alpha value is -1.34. The Balaban J connectivity index is 1.86. The molecule has 0 unspecified atom stereocenters. The average Bonchev–Trinajstić information content (AvgIpc) is 3.38. The number of hydrogen-bond acceptors (Lipinski definition) is 3. The summed E-state index contributed by atoms with van der Waals surface area (Å²) in [6, 6.07) is 6.26. The Morgan fingerprint density at radius 3 is 2.46 bits per heavy atom. The van der Waals surface area contributed by atoms with Crippen molar-refractivity contribution in [2.24, 2.45) is 5.92 Å². The first kappa shape index (κ1) is 17.5. The molecule has 0 aromatic heterocycles. The lowest BCUT2D eigenvalue weighted by Crippen LogP contribution is -2.45. The van der Waals surface area contributed by atoms with Crippen LogP contribution in [0.5, 0.6) is 5.75 Å². The molecule has 134 valence electrons. The second-order valence-corrected chi connectivity index (χ2v) is 6.48. The van der Waals surface area contributed by atoms with Gasteiger partial charge >= 0.3 is 12.5 Å². The van der Waals surface area contributed by atoms with E-state index in [0.717, 1.165) is 45.4 Å². The monoisotopic (exact) mass is 346 g/mol. The lowest BCUT2D eigenvalue weighted by Gasteiger charge is -2.36. The van der Waals surface area contributed by atoms with Gasteiger partial charge in [0.2, 0.25) is 0 Å². The van der Waals surface area contributed by atoms with Crippen LogP contribution in [0.4, 0.5) is 17.6 Å². The molecule has 1 aromatic carbocycles. The zero-order valence-corrected chi connectivity index (χ0v) is 13.4. The summed E-state index contributed by atoms with van der Waals surface area (Å²) in [5.41, 5.74) is 0.576. The fraction of sp³-hybridized carbons (Fsp3) is 0.647. The Morgan fingerprint density at radius 1 is 1.17 bits per heavy atom. The van der Waals surface area contributed by atoms with Gasteiger partial charge in [0, 0.05) is 37.8 Å². The van der Waals surface area contributed by atoms with E-state index in [1.807, 2.05) is 0 Å². The van der Waals surface area contributed by atoms with E-state index in [1.165, 1.54) is 12.1 Å². The number of halogens is 4. The molecule has 0 bridgehead atoms. The van der Waals surface area contributed by atoms with Gasteiger partial charge in [-0.2, -0.15) is 17.6 Å². The standard InChI is InChI=1S/C17H22F4N2O/c18-16(19)17(20,21)24-15-4-2-1-3-13(15)14(11-12-5-6-12)23-9-7-22-8-10-23/h1-4,12,14,16,22H,5-11H2/t14-/m1/s1. The van der Waals surface area contributed by atoms with Crippen molar-refractivity contribution >= 4 is 0 Å². The molecule has 0 amide bonds. The van der Waals surface area contributed by atoms with Gasteiger partial charge in [-0.15, -0.1) is 0 Å². The Morgan fingerprint density at radius 2 is 1.83 bits per heavy atom. The van der Waals surface area contributed by atoms with E-state index in [2.05, 4.69) is 15.0 Å². The van der Waals surface area contributed by atoms with Crippen molar-refractivity contribution in [3.05, 3.63) is 29.8 Å². The van der Waals surface area contributed by atoms with Gasteiger partial charge in [0.15, 0.2) is 0 Å². The molecule has 2 fully saturated rings. The largest absolute Gasteiger partial charge is 0.461 e. The smallest absolute Gasteiger partial charge is 0.428 e. The lowest BCUT2D eigenvalue weighted by molar-refractivity contribution is -0.253. The molecule has 1 aromatic rings. The highest BCUT2D eigenvalue weighted by Gasteiger charge is 2.45. The fourth-order valence-electron chi connectivity index (χ4n) is 3.18. The number of rotatable bonds is 7. The van der Waals surface area contributed by atoms with Crippen molar-refractivity contribution in [3.8, 4) is 5.75 Å². The van der Waals surface area contributed by atoms with Crippen LogP contribution in [0.3, 0.4) is 0 Å². The Kier molecular flexibility index (Phi) is 5.30. The molecule has 0 spiro atoms. The number of piperazine rings is 1. The van der Waals surface area contributed by atoms with Crippen molar-refractivity contribution < 1.29 is 22.3 Å². The minimum Gasteiger partial charge on any atom is -0.428 e. The van der Waals surface area contributed by atoms with Gasteiger partial charge in [0.1, 0.15) is 5.75 Å². The van der Waals surface area contributed by atoms with Crippen LogP contribution < -0.4 is 10.1 Å². The van der Waals surface area contributed by atoms with Gasteiger partial charge in [-0.1, -0.05) is 31.0 Å². The van der Waals surface area contributed by atoms with E-state index >= 15 is 0 Å². The molecule has 3 nitrogen and oxygen atoms in total. The number of hydrogen-bond donors (Lipinski definition) is 1. The first-order chi connectivity index (χ1) is 11.5. The van der Waals surface area contributed by atoms with E-state index in [1.54, 1.807) is 12.1 Å². The van der Waals surface area contributed by atoms with E-state index in [4.69, 9.17) is 0 Å². The molecule has 1 atom stereocenters. The van der Waals surface area contributed by atoms with Gasteiger partial charge < -0.3 is 10.1 Å². The predicted octanol–water partition coefficient (Wildman–Crippen LogP) is 3.67. The minimum absolute atomic E-state index is 0.0794. The Bertz CT molecular complexity index is 545. The fourth-order valence-corrected chi connectivity index (χ4v) is 3.18. The van der Waals surface area contributed by atoms with Crippen LogP contribution in [-0.4, -0.2) is 43.6 Å². The van der Waals surface area contributed by atoms with Crippen molar-refractivity contribution in [1.29, 1.82) is 0 Å². The number of benzene rings is 1. The number of nitrogens with zero attached hydrogens (tertiary/aromatic N) is 1. The Labute approximate surface area is 139 Å². The normalized spacial score (nSPS) is 21.0. The second-order valence-electron chi connectivity index (χ2n) is 6.48. The molecule has 0 radical (unpaired) electrons. The van der Waals surface area contributed by atoms with Crippen LogP contribution in [0.1, 0.15) is 30.9 Å². The van der Waals surface area contributed by atoms with Crippen LogP contribution in [0, 0.1) is 5.92 Å². The van der Waals surface area contributed by atoms with Crippen LogP contribution in [0.25, 0.3) is 0 Å². The van der Waals surface area contributed by atoms with Gasteiger partial charge in [-0.25, -0.2) is 0 Å². The van der Waals surface area contributed by atoms with Gasteiger partial charge in [0.25, 0.3) is 0 Å². The highest BCUT2D eigenvalue weighted by molar-refractivity contribution is 5.36. The third-order valence-corrected chi connectivity index (χ3v) is 4.62. The summed E-state index contributed by atoms with van der Waals surface area (Å²) in [4.78, 5) is 2.23. The van der Waals surface area contributed by atoms with Crippen LogP contribution in [0.15, 0.2) is 24.3 Å². The van der Waals surface area contributed by atoms with E-state index in [-0.39, 0.29) is 11.8 Å². The summed E-state index contributed by atoms with van der Waals surface area (Å²) < 4.78 is 56.3. The predicted molar refractivity (Wildman–Crippen MR) is 82.5 cm³/mol. The van der Waals surface area contributed by atoms with Crippen molar-refractivity contribution in [3.63, 3.8) is 0 Å². The number of para-hydroxylation sites is 1. The molecule has 24 heavy (non-hydrogen) atoms. The van der Waals surface area contributed by atoms with E-state index in [0.29, 0.717) is 11.5 Å². The first-order valence-electron chi connectivity index (χ1n) is 8.36.